The Morgan fingerprint density at radius 1 is 1.40 bits per heavy atom. The highest BCUT2D eigenvalue weighted by atomic mass is 32.1. The van der Waals surface area contributed by atoms with Gasteiger partial charge in [-0.15, -0.1) is 11.3 Å². The largest absolute Gasteiger partial charge is 0.417 e. The van der Waals surface area contributed by atoms with E-state index in [0.29, 0.717) is 0 Å². The monoisotopic (exact) mass is 165 g/mol. The fourth-order valence-corrected chi connectivity index (χ4v) is 1.27. The molecule has 1 heterocycles. The number of halogens is 3. The van der Waals surface area contributed by atoms with Crippen LogP contribution in [-0.4, -0.2) is 0 Å². The van der Waals surface area contributed by atoms with Crippen LogP contribution in [0.4, 0.5) is 13.2 Å². The minimum atomic E-state index is -4.24. The summed E-state index contributed by atoms with van der Waals surface area (Å²) in [6.07, 6.45) is -4.24. The molecule has 0 atom stereocenters. The Balaban J connectivity index is 3.05. The molecular weight excluding hydrogens is 161 g/mol. The first kappa shape index (κ1) is 7.60. The van der Waals surface area contributed by atoms with Crippen LogP contribution in [0.5, 0.6) is 0 Å². The van der Waals surface area contributed by atoms with E-state index in [1.165, 1.54) is 5.38 Å². The Labute approximate surface area is 60.3 Å². The van der Waals surface area contributed by atoms with Crippen molar-refractivity contribution in [3.63, 3.8) is 0 Å². The molecule has 1 aromatic heterocycles. The van der Waals surface area contributed by atoms with Crippen LogP contribution in [-0.2, 0) is 6.18 Å². The summed E-state index contributed by atoms with van der Waals surface area (Å²) in [5.74, 6) is 0. The number of hydrogen-bond donors (Lipinski definition) is 0. The lowest BCUT2D eigenvalue weighted by atomic mass is 10.3. The van der Waals surface area contributed by atoms with Crippen LogP contribution in [0.3, 0.4) is 0 Å². The lowest BCUT2D eigenvalue weighted by Gasteiger charge is -2.03. The predicted octanol–water partition coefficient (Wildman–Crippen LogP) is 2.95. The third-order valence-corrected chi connectivity index (χ3v) is 1.83. The van der Waals surface area contributed by atoms with Gasteiger partial charge < -0.3 is 0 Å². The van der Waals surface area contributed by atoms with E-state index in [1.807, 2.05) is 0 Å². The molecule has 0 amide bonds. The average molecular weight is 165 g/mol. The molecule has 55 valence electrons. The van der Waals surface area contributed by atoms with Gasteiger partial charge in [-0.1, -0.05) is 0 Å². The fraction of sp³-hybridized carbons (Fsp3) is 0.167. The van der Waals surface area contributed by atoms with Crippen LogP contribution >= 0.6 is 11.3 Å². The second-order valence-electron chi connectivity index (χ2n) is 1.76. The van der Waals surface area contributed by atoms with Gasteiger partial charge in [0, 0.05) is 4.88 Å². The molecule has 0 aliphatic carbocycles. The molecule has 0 bridgehead atoms. The molecule has 0 N–H and O–H groups in total. The van der Waals surface area contributed by atoms with Gasteiger partial charge in [0.15, 0.2) is 0 Å². The normalized spacial score (nSPS) is 12.0. The summed E-state index contributed by atoms with van der Waals surface area (Å²) in [5.41, 5.74) is -0.627. The van der Waals surface area contributed by atoms with Crippen molar-refractivity contribution in [3.8, 4) is 0 Å². The molecular formula is C6H4F3S. The number of alkyl halides is 3. The van der Waals surface area contributed by atoms with Crippen LogP contribution in [0.1, 0.15) is 10.4 Å². The molecule has 1 aromatic rings. The molecule has 0 saturated carbocycles. The minimum absolute atomic E-state index is 0.0764. The average Bonchev–Trinajstić information content (AvgIpc) is 2.11. The van der Waals surface area contributed by atoms with Crippen molar-refractivity contribution in [2.24, 2.45) is 0 Å². The van der Waals surface area contributed by atoms with E-state index in [0.717, 1.165) is 17.4 Å². The van der Waals surface area contributed by atoms with Gasteiger partial charge in [0.25, 0.3) is 0 Å². The molecule has 0 unspecified atom stereocenters. The van der Waals surface area contributed by atoms with E-state index < -0.39 is 11.7 Å². The van der Waals surface area contributed by atoms with Crippen LogP contribution in [0.15, 0.2) is 11.4 Å². The third-order valence-electron chi connectivity index (χ3n) is 1.05. The van der Waals surface area contributed by atoms with Gasteiger partial charge in [0.2, 0.25) is 0 Å². The van der Waals surface area contributed by atoms with Crippen LogP contribution < -0.4 is 0 Å². The van der Waals surface area contributed by atoms with Crippen LogP contribution in [0.25, 0.3) is 0 Å². The molecule has 1 rings (SSSR count). The van der Waals surface area contributed by atoms with Crippen LogP contribution in [0.2, 0.25) is 0 Å². The van der Waals surface area contributed by atoms with Crippen molar-refractivity contribution in [3.05, 3.63) is 28.8 Å². The Kier molecular flexibility index (Phi) is 1.72. The van der Waals surface area contributed by atoms with E-state index in [9.17, 15) is 13.2 Å². The van der Waals surface area contributed by atoms with Crippen molar-refractivity contribution < 1.29 is 13.2 Å². The maximum atomic E-state index is 11.8. The zero-order chi connectivity index (χ0) is 7.78. The second-order valence-corrected chi connectivity index (χ2v) is 2.76. The zero-order valence-corrected chi connectivity index (χ0v) is 5.72. The Morgan fingerprint density at radius 2 is 2.00 bits per heavy atom. The van der Waals surface area contributed by atoms with Gasteiger partial charge in [0.05, 0.1) is 5.56 Å². The van der Waals surface area contributed by atoms with E-state index in [4.69, 9.17) is 0 Å². The highest BCUT2D eigenvalue weighted by Gasteiger charge is 2.32. The van der Waals surface area contributed by atoms with Crippen molar-refractivity contribution in [1.82, 2.24) is 0 Å². The fourth-order valence-electron chi connectivity index (χ4n) is 0.593. The number of hydrogen-bond acceptors (Lipinski definition) is 1. The molecule has 0 aliphatic heterocycles. The molecule has 4 heteroatoms. The summed E-state index contributed by atoms with van der Waals surface area (Å²) in [6, 6.07) is 1.03. The first-order valence-corrected chi connectivity index (χ1v) is 3.36. The summed E-state index contributed by atoms with van der Waals surface area (Å²) in [4.78, 5) is 0.0764. The van der Waals surface area contributed by atoms with Crippen molar-refractivity contribution in [1.29, 1.82) is 0 Å². The van der Waals surface area contributed by atoms with E-state index in [2.05, 4.69) is 6.92 Å². The Morgan fingerprint density at radius 3 is 2.20 bits per heavy atom. The lowest BCUT2D eigenvalue weighted by molar-refractivity contribution is -0.137. The number of thiophene rings is 1. The van der Waals surface area contributed by atoms with Gasteiger partial charge in [-0.25, -0.2) is 0 Å². The molecule has 10 heavy (non-hydrogen) atoms. The minimum Gasteiger partial charge on any atom is -0.166 e. The highest BCUT2D eigenvalue weighted by Crippen LogP contribution is 2.33. The van der Waals surface area contributed by atoms with Gasteiger partial charge in [-0.3, -0.25) is 0 Å². The van der Waals surface area contributed by atoms with Gasteiger partial charge in [-0.2, -0.15) is 13.2 Å². The summed E-state index contributed by atoms with van der Waals surface area (Å²) in [7, 11) is 0. The standard InChI is InChI=1S/C6H4F3S/c1-4-5(2-3-10-4)6(7,8)9/h2-3H,1H2. The first-order chi connectivity index (χ1) is 4.52. The smallest absolute Gasteiger partial charge is 0.166 e. The topological polar surface area (TPSA) is 0 Å². The Hall–Kier alpha value is -0.510. The molecule has 1 radical (unpaired) electrons. The summed E-state index contributed by atoms with van der Waals surface area (Å²) < 4.78 is 35.5. The van der Waals surface area contributed by atoms with Crippen molar-refractivity contribution >= 4 is 11.3 Å². The molecule has 0 aliphatic rings. The summed E-state index contributed by atoms with van der Waals surface area (Å²) in [5, 5.41) is 1.38. The molecule has 0 saturated heterocycles. The molecule has 0 fully saturated rings. The van der Waals surface area contributed by atoms with E-state index >= 15 is 0 Å². The predicted molar refractivity (Wildman–Crippen MR) is 33.8 cm³/mol. The summed E-state index contributed by atoms with van der Waals surface area (Å²) in [6.45, 7) is 3.25. The first-order valence-electron chi connectivity index (χ1n) is 2.48. The Bertz CT molecular complexity index is 223. The van der Waals surface area contributed by atoms with Gasteiger partial charge in [0.1, 0.15) is 0 Å². The van der Waals surface area contributed by atoms with E-state index in [1.54, 1.807) is 0 Å². The maximum absolute atomic E-state index is 11.8. The van der Waals surface area contributed by atoms with E-state index in [-0.39, 0.29) is 4.88 Å². The van der Waals surface area contributed by atoms with Crippen molar-refractivity contribution in [2.45, 2.75) is 6.18 Å². The SMILES string of the molecule is [CH2]c1sccc1C(F)(F)F. The molecule has 0 nitrogen and oxygen atoms in total. The maximum Gasteiger partial charge on any atom is 0.417 e. The van der Waals surface area contributed by atoms with Crippen molar-refractivity contribution in [2.75, 3.05) is 0 Å². The quantitative estimate of drug-likeness (QED) is 0.554. The third kappa shape index (κ3) is 1.31. The molecule has 0 aromatic carbocycles. The summed E-state index contributed by atoms with van der Waals surface area (Å²) >= 11 is 1.00. The highest BCUT2D eigenvalue weighted by molar-refractivity contribution is 7.10. The van der Waals surface area contributed by atoms with Crippen LogP contribution in [0, 0.1) is 6.92 Å². The second kappa shape index (κ2) is 2.27. The number of rotatable bonds is 0. The van der Waals surface area contributed by atoms with Gasteiger partial charge in [-0.05, 0) is 18.4 Å². The zero-order valence-electron chi connectivity index (χ0n) is 4.90. The lowest BCUT2D eigenvalue weighted by Crippen LogP contribution is -2.03. The van der Waals surface area contributed by atoms with Gasteiger partial charge >= 0.3 is 6.18 Å². The molecule has 0 spiro atoms.